The highest BCUT2D eigenvalue weighted by molar-refractivity contribution is 7.89. The number of sulfonamides is 1. The van der Waals surface area contributed by atoms with Gasteiger partial charge in [-0.05, 0) is 43.9 Å². The van der Waals surface area contributed by atoms with E-state index in [1.165, 1.54) is 20.2 Å². The molecule has 6 nitrogen and oxygen atoms in total. The molecule has 0 spiro atoms. The van der Waals surface area contributed by atoms with Crippen LogP contribution in [0.4, 0.5) is 5.69 Å². The lowest BCUT2D eigenvalue weighted by Gasteiger charge is -2.24. The molecule has 1 aromatic rings. The van der Waals surface area contributed by atoms with Crippen LogP contribution in [-0.4, -0.2) is 51.9 Å². The molecule has 0 saturated carbocycles. The first-order valence-corrected chi connectivity index (χ1v) is 10.2. The van der Waals surface area contributed by atoms with Crippen LogP contribution >= 0.6 is 0 Å². The molecular formula is C18H29N3O3S. The largest absolute Gasteiger partial charge is 0.371 e. The number of nitrogens with one attached hydrogen (secondary N) is 1. The third-order valence-corrected chi connectivity index (χ3v) is 6.61. The van der Waals surface area contributed by atoms with Gasteiger partial charge in [-0.1, -0.05) is 13.8 Å². The molecule has 1 aromatic carbocycles. The van der Waals surface area contributed by atoms with Crippen LogP contribution in [0.15, 0.2) is 23.1 Å². The van der Waals surface area contributed by atoms with E-state index in [1.54, 1.807) is 12.1 Å². The Morgan fingerprint density at radius 2 is 1.76 bits per heavy atom. The Balaban J connectivity index is 2.46. The fourth-order valence-electron chi connectivity index (χ4n) is 2.75. The lowest BCUT2D eigenvalue weighted by molar-refractivity contribution is 0.0931. The molecule has 1 aliphatic rings. The van der Waals surface area contributed by atoms with Crippen molar-refractivity contribution in [3.05, 3.63) is 23.8 Å². The maximum atomic E-state index is 12.8. The van der Waals surface area contributed by atoms with Gasteiger partial charge in [0.2, 0.25) is 10.0 Å². The van der Waals surface area contributed by atoms with Gasteiger partial charge >= 0.3 is 0 Å². The SMILES string of the molecule is CC(C)C(C)NC(=O)c1cc(S(=O)(=O)N(C)C)ccc1N1CCCC1. The van der Waals surface area contributed by atoms with Gasteiger partial charge in [-0.15, -0.1) is 0 Å². The number of anilines is 1. The Labute approximate surface area is 151 Å². The molecular weight excluding hydrogens is 338 g/mol. The summed E-state index contributed by atoms with van der Waals surface area (Å²) in [4.78, 5) is 15.1. The van der Waals surface area contributed by atoms with E-state index >= 15 is 0 Å². The molecule has 0 aliphatic carbocycles. The molecule has 25 heavy (non-hydrogen) atoms. The average molecular weight is 368 g/mol. The standard InChI is InChI=1S/C18H29N3O3S/c1-13(2)14(3)19-18(22)16-12-15(25(23,24)20(4)5)8-9-17(16)21-10-6-7-11-21/h8-9,12-14H,6-7,10-11H2,1-5H3,(H,19,22). The number of amides is 1. The van der Waals surface area contributed by atoms with E-state index in [0.29, 0.717) is 11.5 Å². The summed E-state index contributed by atoms with van der Waals surface area (Å²) in [5, 5.41) is 2.99. The van der Waals surface area contributed by atoms with E-state index in [0.717, 1.165) is 35.9 Å². The van der Waals surface area contributed by atoms with Gasteiger partial charge in [-0.2, -0.15) is 0 Å². The summed E-state index contributed by atoms with van der Waals surface area (Å²) in [6.07, 6.45) is 2.17. The number of nitrogens with zero attached hydrogens (tertiary/aromatic N) is 2. The van der Waals surface area contributed by atoms with Gasteiger partial charge in [-0.25, -0.2) is 12.7 Å². The van der Waals surface area contributed by atoms with Gasteiger partial charge in [0.1, 0.15) is 0 Å². The highest BCUT2D eigenvalue weighted by Crippen LogP contribution is 2.28. The van der Waals surface area contributed by atoms with Gasteiger partial charge in [0.25, 0.3) is 5.91 Å². The van der Waals surface area contributed by atoms with Crippen molar-refractivity contribution in [3.8, 4) is 0 Å². The summed E-state index contributed by atoms with van der Waals surface area (Å²) < 4.78 is 26.1. The van der Waals surface area contributed by atoms with Crippen molar-refractivity contribution >= 4 is 21.6 Å². The van der Waals surface area contributed by atoms with Gasteiger partial charge in [0.15, 0.2) is 0 Å². The number of rotatable bonds is 6. The zero-order valence-electron chi connectivity index (χ0n) is 15.7. The number of carbonyl (C=O) groups excluding carboxylic acids is 1. The van der Waals surface area contributed by atoms with Crippen molar-refractivity contribution in [2.45, 2.75) is 44.6 Å². The van der Waals surface area contributed by atoms with Crippen molar-refractivity contribution < 1.29 is 13.2 Å². The minimum absolute atomic E-state index is 0.00744. The van der Waals surface area contributed by atoms with E-state index in [9.17, 15) is 13.2 Å². The first kappa shape index (κ1) is 19.7. The number of benzene rings is 1. The number of hydrogen-bond acceptors (Lipinski definition) is 4. The molecule has 1 atom stereocenters. The molecule has 1 saturated heterocycles. The van der Waals surface area contributed by atoms with Crippen molar-refractivity contribution in [2.75, 3.05) is 32.1 Å². The lowest BCUT2D eigenvalue weighted by Crippen LogP contribution is -2.37. The van der Waals surface area contributed by atoms with Crippen LogP contribution in [0, 0.1) is 5.92 Å². The Kier molecular flexibility index (Phi) is 6.11. The summed E-state index contributed by atoms with van der Waals surface area (Å²) >= 11 is 0. The topological polar surface area (TPSA) is 69.7 Å². The Bertz CT molecular complexity index is 723. The minimum atomic E-state index is -3.58. The average Bonchev–Trinajstić information content (AvgIpc) is 3.08. The smallest absolute Gasteiger partial charge is 0.253 e. The Morgan fingerprint density at radius 3 is 2.28 bits per heavy atom. The van der Waals surface area contributed by atoms with Crippen molar-refractivity contribution in [1.82, 2.24) is 9.62 Å². The molecule has 1 aliphatic heterocycles. The highest BCUT2D eigenvalue weighted by atomic mass is 32.2. The second kappa shape index (κ2) is 7.74. The van der Waals surface area contributed by atoms with Crippen LogP contribution in [0.1, 0.15) is 44.0 Å². The van der Waals surface area contributed by atoms with Gasteiger partial charge in [-0.3, -0.25) is 4.79 Å². The zero-order chi connectivity index (χ0) is 18.8. The molecule has 1 N–H and O–H groups in total. The molecule has 1 amide bonds. The Hall–Kier alpha value is -1.60. The molecule has 1 unspecified atom stereocenters. The molecule has 7 heteroatoms. The molecule has 0 radical (unpaired) electrons. The number of hydrogen-bond donors (Lipinski definition) is 1. The molecule has 0 bridgehead atoms. The molecule has 140 valence electrons. The van der Waals surface area contributed by atoms with Gasteiger partial charge in [0, 0.05) is 38.9 Å². The fourth-order valence-corrected chi connectivity index (χ4v) is 3.68. The van der Waals surface area contributed by atoms with Crippen LogP contribution in [0.5, 0.6) is 0 Å². The maximum Gasteiger partial charge on any atom is 0.253 e. The van der Waals surface area contributed by atoms with Crippen LogP contribution < -0.4 is 10.2 Å². The fraction of sp³-hybridized carbons (Fsp3) is 0.611. The molecule has 1 heterocycles. The second-order valence-corrected chi connectivity index (χ2v) is 9.32. The minimum Gasteiger partial charge on any atom is -0.371 e. The predicted octanol–water partition coefficient (Wildman–Crippen LogP) is 2.31. The van der Waals surface area contributed by atoms with Crippen molar-refractivity contribution in [2.24, 2.45) is 5.92 Å². The molecule has 1 fully saturated rings. The maximum absolute atomic E-state index is 12.8. The second-order valence-electron chi connectivity index (χ2n) is 7.17. The third-order valence-electron chi connectivity index (χ3n) is 4.80. The van der Waals surface area contributed by atoms with Gasteiger partial charge < -0.3 is 10.2 Å². The predicted molar refractivity (Wildman–Crippen MR) is 101 cm³/mol. The van der Waals surface area contributed by atoms with E-state index in [1.807, 2.05) is 20.8 Å². The Morgan fingerprint density at radius 1 is 1.16 bits per heavy atom. The summed E-state index contributed by atoms with van der Waals surface area (Å²) in [5.41, 5.74) is 1.24. The van der Waals surface area contributed by atoms with E-state index in [-0.39, 0.29) is 16.8 Å². The third kappa shape index (κ3) is 4.33. The van der Waals surface area contributed by atoms with E-state index in [4.69, 9.17) is 0 Å². The van der Waals surface area contributed by atoms with E-state index in [2.05, 4.69) is 10.2 Å². The van der Waals surface area contributed by atoms with Gasteiger partial charge in [0.05, 0.1) is 10.5 Å². The van der Waals surface area contributed by atoms with E-state index < -0.39 is 10.0 Å². The lowest BCUT2D eigenvalue weighted by atomic mass is 10.1. The summed E-state index contributed by atoms with van der Waals surface area (Å²) in [6.45, 7) is 7.82. The van der Waals surface area contributed by atoms with Crippen molar-refractivity contribution in [3.63, 3.8) is 0 Å². The summed E-state index contributed by atoms with van der Waals surface area (Å²) in [7, 11) is -0.602. The normalized spacial score (nSPS) is 16.5. The quantitative estimate of drug-likeness (QED) is 0.838. The highest BCUT2D eigenvalue weighted by Gasteiger charge is 2.25. The molecule has 0 aromatic heterocycles. The summed E-state index contributed by atoms with van der Waals surface area (Å²) in [6, 6.07) is 4.86. The van der Waals surface area contributed by atoms with Crippen molar-refractivity contribution in [1.29, 1.82) is 0 Å². The van der Waals surface area contributed by atoms with Crippen LogP contribution in [0.25, 0.3) is 0 Å². The van der Waals surface area contributed by atoms with Crippen LogP contribution in [0.3, 0.4) is 0 Å². The first-order chi connectivity index (χ1) is 11.6. The summed E-state index contributed by atoms with van der Waals surface area (Å²) in [5.74, 6) is 0.0757. The first-order valence-electron chi connectivity index (χ1n) is 8.77. The monoisotopic (exact) mass is 367 g/mol. The zero-order valence-corrected chi connectivity index (χ0v) is 16.6. The molecule has 2 rings (SSSR count). The number of carbonyl (C=O) groups is 1. The van der Waals surface area contributed by atoms with Crippen LogP contribution in [-0.2, 0) is 10.0 Å². The van der Waals surface area contributed by atoms with Crippen LogP contribution in [0.2, 0.25) is 0 Å².